The molecule has 4 heavy (non-hydrogen) atoms. The standard InChI is InChI=1S/Ca.H3N.Pb.Ti.4H/h;1H3;;;;;;. The maximum atomic E-state index is 0. The van der Waals surface area contributed by atoms with Crippen LogP contribution in [0.25, 0.3) is 0 Å². The van der Waals surface area contributed by atoms with Crippen LogP contribution in [0.3, 0.4) is 0 Å². The van der Waals surface area contributed by atoms with Gasteiger partial charge in [-0.05, 0) is 0 Å². The molecule has 22 valence electrons. The van der Waals surface area contributed by atoms with Crippen LogP contribution in [0.1, 0.15) is 0 Å². The third-order valence-corrected chi connectivity index (χ3v) is 0. The van der Waals surface area contributed by atoms with Crippen molar-refractivity contribution in [3.05, 3.63) is 0 Å². The molecule has 0 rings (SSSR count). The molecule has 0 unspecified atom stereocenters. The summed E-state index contributed by atoms with van der Waals surface area (Å²) in [5.74, 6) is 0. The summed E-state index contributed by atoms with van der Waals surface area (Å²) in [5.41, 5.74) is 0. The zero-order valence-electron chi connectivity index (χ0n) is 1.91. The first kappa shape index (κ1) is 28.8. The van der Waals surface area contributed by atoms with Gasteiger partial charge >= 0.3 is 65.0 Å². The van der Waals surface area contributed by atoms with E-state index in [1.54, 1.807) is 0 Å². The molecule has 0 spiro atoms. The fraction of sp³-hybridized carbons (Fsp3) is 0. The van der Waals surface area contributed by atoms with Gasteiger partial charge in [0.05, 0.1) is 0 Å². The summed E-state index contributed by atoms with van der Waals surface area (Å²) >= 11 is 0. The molecule has 0 amide bonds. The van der Waals surface area contributed by atoms with Gasteiger partial charge in [-0.3, -0.25) is 0 Å². The van der Waals surface area contributed by atoms with Crippen LogP contribution in [0.5, 0.6) is 0 Å². The van der Waals surface area contributed by atoms with Gasteiger partial charge in [0, 0.05) is 21.7 Å². The second kappa shape index (κ2) is 16.9. The molecule has 0 aromatic heterocycles. The maximum absolute atomic E-state index is 0. The number of hydrogen-bond acceptors (Lipinski definition) is 1. The quantitative estimate of drug-likeness (QED) is 0.533. The van der Waals surface area contributed by atoms with Crippen molar-refractivity contribution < 1.29 is 21.7 Å². The van der Waals surface area contributed by atoms with Gasteiger partial charge in [-0.15, -0.1) is 0 Å². The van der Waals surface area contributed by atoms with Crippen LogP contribution < -0.4 is 6.15 Å². The Balaban J connectivity index is 0. The Bertz CT molecular complexity index is 8.00. The minimum Gasteiger partial charge on any atom is 0 e. The number of rotatable bonds is 0. The first-order chi connectivity index (χ1) is 0. The van der Waals surface area contributed by atoms with Crippen molar-refractivity contribution in [3.63, 3.8) is 0 Å². The van der Waals surface area contributed by atoms with E-state index < -0.39 is 0 Å². The molecule has 2 radical (unpaired) electrons. The third-order valence-electron chi connectivity index (χ3n) is 0. The minimum absolute atomic E-state index is 0. The Labute approximate surface area is 90.9 Å². The topological polar surface area (TPSA) is 35.0 Å². The van der Waals surface area contributed by atoms with Gasteiger partial charge in [0.15, 0.2) is 0 Å². The van der Waals surface area contributed by atoms with Gasteiger partial charge in [0.1, 0.15) is 0 Å². The molecule has 0 bridgehead atoms. The Morgan fingerprint density at radius 2 is 1.00 bits per heavy atom. The Morgan fingerprint density at radius 3 is 1.00 bits per heavy atom. The van der Waals surface area contributed by atoms with Gasteiger partial charge in [-0.25, -0.2) is 0 Å². The summed E-state index contributed by atoms with van der Waals surface area (Å²) < 4.78 is 0. The second-order valence-electron chi connectivity index (χ2n) is 0. The summed E-state index contributed by atoms with van der Waals surface area (Å²) in [6.07, 6.45) is 0. The van der Waals surface area contributed by atoms with E-state index in [0.717, 1.165) is 0 Å². The van der Waals surface area contributed by atoms with Crippen molar-refractivity contribution in [1.82, 2.24) is 6.15 Å². The summed E-state index contributed by atoms with van der Waals surface area (Å²) in [4.78, 5) is 0. The molecule has 1 nitrogen and oxygen atoms in total. The SMILES string of the molecule is N.[CaH2].[PbH2].[Ti]. The van der Waals surface area contributed by atoms with Crippen molar-refractivity contribution in [2.24, 2.45) is 0 Å². The van der Waals surface area contributed by atoms with Crippen LogP contribution in [0.2, 0.25) is 0 Å². The largest absolute Gasteiger partial charge is 0 e. The second-order valence-corrected chi connectivity index (χ2v) is 0. The van der Waals surface area contributed by atoms with Gasteiger partial charge in [-0.1, -0.05) is 0 Å². The average molecular weight is 316 g/mol. The smallest absolute Gasteiger partial charge is 0 e. The van der Waals surface area contributed by atoms with E-state index in [4.69, 9.17) is 0 Å². The molecule has 0 atom stereocenters. The zero-order chi connectivity index (χ0) is 0. The third kappa shape index (κ3) is 8.85. The van der Waals surface area contributed by atoms with E-state index in [1.165, 1.54) is 0 Å². The Kier molecular flexibility index (Phi) is 122. The van der Waals surface area contributed by atoms with E-state index in [0.29, 0.717) is 0 Å². The molecule has 0 aliphatic carbocycles. The van der Waals surface area contributed by atoms with Gasteiger partial charge in [0.2, 0.25) is 0 Å². The van der Waals surface area contributed by atoms with Crippen molar-refractivity contribution in [2.75, 3.05) is 0 Å². The van der Waals surface area contributed by atoms with Gasteiger partial charge < -0.3 is 6.15 Å². The van der Waals surface area contributed by atoms with Crippen LogP contribution in [-0.4, -0.2) is 65.0 Å². The molecule has 0 saturated heterocycles. The van der Waals surface area contributed by atoms with E-state index in [-0.39, 0.29) is 92.9 Å². The Morgan fingerprint density at radius 1 is 1.00 bits per heavy atom. The van der Waals surface area contributed by atoms with Crippen LogP contribution in [0.4, 0.5) is 0 Å². The molecule has 0 aromatic carbocycles. The van der Waals surface area contributed by atoms with Crippen LogP contribution in [0, 0.1) is 0 Å². The van der Waals surface area contributed by atoms with E-state index >= 15 is 0 Å². The van der Waals surface area contributed by atoms with E-state index in [1.807, 2.05) is 0 Å². The van der Waals surface area contributed by atoms with Crippen LogP contribution in [0.15, 0.2) is 0 Å². The zero-order valence-corrected chi connectivity index (χ0v) is 8.97. The molecule has 0 aliphatic rings. The number of hydrogen-bond donors (Lipinski definition) is 1. The monoisotopic (exact) mass is 317 g/mol. The molecule has 3 N–H and O–H groups in total. The molecular formula is H7CaNPbTi. The van der Waals surface area contributed by atoms with E-state index in [9.17, 15) is 0 Å². The van der Waals surface area contributed by atoms with Crippen molar-refractivity contribution >= 4 is 65.0 Å². The fourth-order valence-electron chi connectivity index (χ4n) is 0. The van der Waals surface area contributed by atoms with Crippen LogP contribution >= 0.6 is 0 Å². The summed E-state index contributed by atoms with van der Waals surface area (Å²) in [5, 5.41) is 0. The van der Waals surface area contributed by atoms with Gasteiger partial charge in [0.25, 0.3) is 0 Å². The Hall–Kier alpha value is 2.86. The molecular weight excluding hydrogens is 309 g/mol. The fourth-order valence-corrected chi connectivity index (χ4v) is 0. The molecule has 0 heterocycles. The van der Waals surface area contributed by atoms with Crippen molar-refractivity contribution in [2.45, 2.75) is 0 Å². The molecule has 0 fully saturated rings. The first-order valence-corrected chi connectivity index (χ1v) is 0. The molecule has 0 saturated carbocycles. The van der Waals surface area contributed by atoms with Crippen molar-refractivity contribution in [1.29, 1.82) is 0 Å². The summed E-state index contributed by atoms with van der Waals surface area (Å²) in [6, 6.07) is 0. The molecule has 0 aliphatic heterocycles. The predicted octanol–water partition coefficient (Wildman–Crippen LogP) is -1.67. The van der Waals surface area contributed by atoms with Gasteiger partial charge in [-0.2, -0.15) is 0 Å². The molecule has 4 heteroatoms. The predicted molar refractivity (Wildman–Crippen MR) is 22.1 cm³/mol. The summed E-state index contributed by atoms with van der Waals surface area (Å²) in [7, 11) is 0. The minimum atomic E-state index is 0. The normalized spacial score (nSPS) is 0. The van der Waals surface area contributed by atoms with Crippen molar-refractivity contribution in [3.8, 4) is 0 Å². The maximum Gasteiger partial charge on any atom is 0 e. The summed E-state index contributed by atoms with van der Waals surface area (Å²) in [6.45, 7) is 0. The van der Waals surface area contributed by atoms with Crippen LogP contribution in [-0.2, 0) is 21.7 Å². The first-order valence-electron chi connectivity index (χ1n) is 0. The molecule has 0 aromatic rings. The van der Waals surface area contributed by atoms with E-state index in [2.05, 4.69) is 0 Å². The average Bonchev–Trinajstić information content (AvgIpc) is 0.